The second kappa shape index (κ2) is 5.92. The zero-order valence-electron chi connectivity index (χ0n) is 12.2. The molecule has 0 aromatic rings. The molecule has 1 aliphatic heterocycles. The van der Waals surface area contributed by atoms with Crippen molar-refractivity contribution in [3.8, 4) is 0 Å². The minimum atomic E-state index is -3.39. The molecule has 1 aliphatic carbocycles. The molecule has 120 valence electrons. The predicted molar refractivity (Wildman–Crippen MR) is 76.1 cm³/mol. The molecule has 2 rings (SSSR count). The van der Waals surface area contributed by atoms with Crippen LogP contribution in [0.2, 0.25) is 0 Å². The van der Waals surface area contributed by atoms with Crippen molar-refractivity contribution in [2.45, 2.75) is 44.3 Å². The van der Waals surface area contributed by atoms with E-state index in [2.05, 4.69) is 4.72 Å². The van der Waals surface area contributed by atoms with Gasteiger partial charge in [-0.05, 0) is 19.3 Å². The average molecular weight is 318 g/mol. The zero-order valence-corrected chi connectivity index (χ0v) is 13.0. The van der Waals surface area contributed by atoms with E-state index >= 15 is 0 Å². The molecule has 21 heavy (non-hydrogen) atoms. The molecule has 2 N–H and O–H groups in total. The summed E-state index contributed by atoms with van der Waals surface area (Å²) in [6, 6.07) is 0. The number of carboxylic acid groups (broad SMARTS) is 1. The van der Waals surface area contributed by atoms with Crippen molar-refractivity contribution in [1.82, 2.24) is 9.62 Å². The molecule has 1 amide bonds. The molecule has 0 radical (unpaired) electrons. The van der Waals surface area contributed by atoms with Crippen LogP contribution in [0.3, 0.4) is 0 Å². The summed E-state index contributed by atoms with van der Waals surface area (Å²) < 4.78 is 26.3. The maximum atomic E-state index is 12.2. The maximum absolute atomic E-state index is 12.2. The smallest absolute Gasteiger partial charge is 0.310 e. The third kappa shape index (κ3) is 3.21. The van der Waals surface area contributed by atoms with Gasteiger partial charge in [0.2, 0.25) is 15.9 Å². The summed E-state index contributed by atoms with van der Waals surface area (Å²) >= 11 is 0. The lowest BCUT2D eigenvalue weighted by Gasteiger charge is -2.38. The van der Waals surface area contributed by atoms with E-state index in [1.165, 1.54) is 4.90 Å². The number of hydrogen-bond donors (Lipinski definition) is 2. The third-order valence-electron chi connectivity index (χ3n) is 4.54. The first-order valence-electron chi connectivity index (χ1n) is 7.30. The molecule has 2 fully saturated rings. The van der Waals surface area contributed by atoms with Gasteiger partial charge in [0.1, 0.15) is 0 Å². The summed E-state index contributed by atoms with van der Waals surface area (Å²) in [5.41, 5.74) is -0.921. The quantitative estimate of drug-likeness (QED) is 0.726. The SMILES string of the molecule is CCNS(=O)(=O)C1CCN(C(=O)CC2(C(=O)O)CCC2)C1. The third-order valence-corrected chi connectivity index (χ3v) is 6.49. The number of aliphatic carboxylic acids is 1. The molecule has 7 nitrogen and oxygen atoms in total. The molecule has 1 unspecified atom stereocenters. The van der Waals surface area contributed by atoms with Crippen LogP contribution in [0.5, 0.6) is 0 Å². The fourth-order valence-electron chi connectivity index (χ4n) is 3.00. The van der Waals surface area contributed by atoms with Crippen LogP contribution in [0, 0.1) is 5.41 Å². The summed E-state index contributed by atoms with van der Waals surface area (Å²) in [6.07, 6.45) is 2.27. The van der Waals surface area contributed by atoms with E-state index in [0.29, 0.717) is 32.4 Å². The van der Waals surface area contributed by atoms with E-state index < -0.39 is 26.7 Å². The predicted octanol–water partition coefficient (Wildman–Crippen LogP) is 0.172. The minimum absolute atomic E-state index is 0.0176. The Labute approximate surface area is 124 Å². The van der Waals surface area contributed by atoms with Crippen LogP contribution in [0.1, 0.15) is 39.0 Å². The zero-order chi connectivity index (χ0) is 15.7. The molecule has 0 aromatic carbocycles. The topological polar surface area (TPSA) is 104 Å². The highest BCUT2D eigenvalue weighted by Gasteiger charge is 2.47. The standard InChI is InChI=1S/C13H22N2O5S/c1-2-14-21(19,20)10-4-7-15(9-10)11(16)8-13(12(17)18)5-3-6-13/h10,14H,2-9H2,1H3,(H,17,18). The van der Waals surface area contributed by atoms with Crippen LogP contribution in [-0.4, -0.2) is 55.2 Å². The van der Waals surface area contributed by atoms with Crippen LogP contribution in [0.25, 0.3) is 0 Å². The number of nitrogens with zero attached hydrogens (tertiary/aromatic N) is 1. The van der Waals surface area contributed by atoms with Gasteiger partial charge in [0.15, 0.2) is 0 Å². The van der Waals surface area contributed by atoms with Gasteiger partial charge >= 0.3 is 5.97 Å². The first-order chi connectivity index (χ1) is 9.81. The normalized spacial score (nSPS) is 24.6. The molecule has 8 heteroatoms. The summed E-state index contributed by atoms with van der Waals surface area (Å²) in [5.74, 6) is -1.16. The van der Waals surface area contributed by atoms with Gasteiger partial charge in [-0.1, -0.05) is 13.3 Å². The van der Waals surface area contributed by atoms with Gasteiger partial charge in [0, 0.05) is 26.1 Å². The monoisotopic (exact) mass is 318 g/mol. The number of carbonyl (C=O) groups excluding carboxylic acids is 1. The number of likely N-dealkylation sites (tertiary alicyclic amines) is 1. The lowest BCUT2D eigenvalue weighted by Crippen LogP contribution is -2.44. The van der Waals surface area contributed by atoms with Gasteiger partial charge in [-0.25, -0.2) is 13.1 Å². The Balaban J connectivity index is 1.95. The number of nitrogens with one attached hydrogen (secondary N) is 1. The molecule has 0 bridgehead atoms. The fraction of sp³-hybridized carbons (Fsp3) is 0.846. The highest BCUT2D eigenvalue weighted by Crippen LogP contribution is 2.44. The molecule has 1 atom stereocenters. The first kappa shape index (κ1) is 16.2. The minimum Gasteiger partial charge on any atom is -0.481 e. The van der Waals surface area contributed by atoms with Crippen LogP contribution in [0.15, 0.2) is 0 Å². The van der Waals surface area contributed by atoms with Crippen molar-refractivity contribution in [2.75, 3.05) is 19.6 Å². The molecule has 2 aliphatic rings. The average Bonchev–Trinajstić information content (AvgIpc) is 2.83. The van der Waals surface area contributed by atoms with Crippen LogP contribution in [-0.2, 0) is 19.6 Å². The van der Waals surface area contributed by atoms with E-state index in [1.807, 2.05) is 0 Å². The first-order valence-corrected chi connectivity index (χ1v) is 8.85. The largest absolute Gasteiger partial charge is 0.481 e. The molecule has 1 saturated heterocycles. The summed E-state index contributed by atoms with van der Waals surface area (Å²) in [4.78, 5) is 25.0. The summed E-state index contributed by atoms with van der Waals surface area (Å²) in [6.45, 7) is 2.57. The Morgan fingerprint density at radius 1 is 1.38 bits per heavy atom. The second-order valence-electron chi connectivity index (χ2n) is 5.91. The number of carbonyl (C=O) groups is 2. The van der Waals surface area contributed by atoms with E-state index in [1.54, 1.807) is 6.92 Å². The Bertz CT molecular complexity index is 527. The molecule has 1 saturated carbocycles. The van der Waals surface area contributed by atoms with E-state index in [9.17, 15) is 23.1 Å². The van der Waals surface area contributed by atoms with Crippen LogP contribution in [0.4, 0.5) is 0 Å². The molecule has 1 heterocycles. The van der Waals surface area contributed by atoms with Crippen molar-refractivity contribution < 1.29 is 23.1 Å². The molecule has 0 spiro atoms. The van der Waals surface area contributed by atoms with E-state index in [4.69, 9.17) is 0 Å². The molecular formula is C13H22N2O5S. The Morgan fingerprint density at radius 3 is 2.52 bits per heavy atom. The second-order valence-corrected chi connectivity index (χ2v) is 7.95. The summed E-state index contributed by atoms with van der Waals surface area (Å²) in [7, 11) is -3.39. The van der Waals surface area contributed by atoms with E-state index in [-0.39, 0.29) is 18.9 Å². The highest BCUT2D eigenvalue weighted by molar-refractivity contribution is 7.90. The number of hydrogen-bond acceptors (Lipinski definition) is 4. The molecule has 0 aromatic heterocycles. The summed E-state index contributed by atoms with van der Waals surface area (Å²) in [5, 5.41) is 8.66. The van der Waals surface area contributed by atoms with Crippen molar-refractivity contribution in [2.24, 2.45) is 5.41 Å². The van der Waals surface area contributed by atoms with Gasteiger partial charge in [-0.15, -0.1) is 0 Å². The van der Waals surface area contributed by atoms with Crippen molar-refractivity contribution in [1.29, 1.82) is 0 Å². The van der Waals surface area contributed by atoms with Gasteiger partial charge in [-0.3, -0.25) is 9.59 Å². The van der Waals surface area contributed by atoms with Gasteiger partial charge < -0.3 is 10.0 Å². The van der Waals surface area contributed by atoms with Gasteiger partial charge in [0.25, 0.3) is 0 Å². The fourth-order valence-corrected chi connectivity index (χ4v) is 4.43. The number of rotatable bonds is 6. The number of amides is 1. The van der Waals surface area contributed by atoms with Crippen LogP contribution < -0.4 is 4.72 Å². The lowest BCUT2D eigenvalue weighted by molar-refractivity contribution is -0.159. The number of carboxylic acids is 1. The maximum Gasteiger partial charge on any atom is 0.310 e. The van der Waals surface area contributed by atoms with Gasteiger partial charge in [-0.2, -0.15) is 0 Å². The van der Waals surface area contributed by atoms with Crippen molar-refractivity contribution in [3.63, 3.8) is 0 Å². The Hall–Kier alpha value is -1.15. The number of sulfonamides is 1. The van der Waals surface area contributed by atoms with Crippen molar-refractivity contribution >= 4 is 21.9 Å². The van der Waals surface area contributed by atoms with Crippen molar-refractivity contribution in [3.05, 3.63) is 0 Å². The Kier molecular flexibility index (Phi) is 4.57. The highest BCUT2D eigenvalue weighted by atomic mass is 32.2. The van der Waals surface area contributed by atoms with Gasteiger partial charge in [0.05, 0.1) is 10.7 Å². The lowest BCUT2D eigenvalue weighted by atomic mass is 9.66. The molecular weight excluding hydrogens is 296 g/mol. The Morgan fingerprint density at radius 2 is 2.05 bits per heavy atom. The van der Waals surface area contributed by atoms with Crippen LogP contribution >= 0.6 is 0 Å². The van der Waals surface area contributed by atoms with E-state index in [0.717, 1.165) is 6.42 Å².